The Kier molecular flexibility index (Phi) is 6.40. The van der Waals surface area contributed by atoms with Crippen LogP contribution in [0.4, 0.5) is 16.3 Å². The second-order valence-corrected chi connectivity index (χ2v) is 10.5. The predicted molar refractivity (Wildman–Crippen MR) is 159 cm³/mol. The fourth-order valence-corrected chi connectivity index (χ4v) is 5.75. The van der Waals surface area contributed by atoms with Crippen LogP contribution in [-0.4, -0.2) is 38.2 Å². The molecule has 6 nitrogen and oxygen atoms in total. The van der Waals surface area contributed by atoms with E-state index in [-0.39, 0.29) is 5.82 Å². The van der Waals surface area contributed by atoms with Crippen LogP contribution in [0.1, 0.15) is 24.0 Å². The number of fused-ring (bicyclic) bond motifs is 2. The third-order valence-electron chi connectivity index (χ3n) is 7.84. The molecule has 1 aliphatic heterocycles. The third-order valence-corrected chi connectivity index (χ3v) is 7.84. The molecule has 1 aliphatic rings. The summed E-state index contributed by atoms with van der Waals surface area (Å²) < 4.78 is 18.1. The van der Waals surface area contributed by atoms with E-state index in [1.807, 2.05) is 30.3 Å². The third kappa shape index (κ3) is 4.79. The molecule has 0 amide bonds. The Morgan fingerprint density at radius 3 is 1.95 bits per heavy atom. The lowest BCUT2D eigenvalue weighted by Gasteiger charge is -2.33. The molecule has 0 spiro atoms. The van der Waals surface area contributed by atoms with Gasteiger partial charge in [0, 0.05) is 19.1 Å². The SMILES string of the molecule is Fc1ccc(Cn2c(N3CCC(Nc4nc5ccccc5n4Cc4ccccc4)CC3)nc3ccccc32)cc1. The van der Waals surface area contributed by atoms with Gasteiger partial charge < -0.3 is 19.4 Å². The van der Waals surface area contributed by atoms with E-state index in [0.717, 1.165) is 72.0 Å². The van der Waals surface area contributed by atoms with Gasteiger partial charge in [-0.1, -0.05) is 66.7 Å². The summed E-state index contributed by atoms with van der Waals surface area (Å²) in [6, 6.07) is 34.2. The van der Waals surface area contributed by atoms with Gasteiger partial charge in [-0.25, -0.2) is 14.4 Å². The lowest BCUT2D eigenvalue weighted by Crippen LogP contribution is -2.40. The van der Waals surface area contributed by atoms with E-state index in [1.165, 1.54) is 17.7 Å². The molecule has 0 radical (unpaired) electrons. The summed E-state index contributed by atoms with van der Waals surface area (Å²) in [4.78, 5) is 12.4. The number of para-hydroxylation sites is 4. The zero-order valence-electron chi connectivity index (χ0n) is 22.2. The molecule has 3 heterocycles. The summed E-state index contributed by atoms with van der Waals surface area (Å²) in [5, 5.41) is 3.78. The van der Waals surface area contributed by atoms with Crippen molar-refractivity contribution in [3.63, 3.8) is 0 Å². The van der Waals surface area contributed by atoms with Crippen LogP contribution >= 0.6 is 0 Å². The molecule has 0 unspecified atom stereocenters. The number of benzene rings is 4. The van der Waals surface area contributed by atoms with Crippen LogP contribution < -0.4 is 10.2 Å². The first-order chi connectivity index (χ1) is 19.7. The fourth-order valence-electron chi connectivity index (χ4n) is 5.75. The average molecular weight is 531 g/mol. The van der Waals surface area contributed by atoms with Crippen LogP contribution in [-0.2, 0) is 13.1 Å². The molecular weight excluding hydrogens is 499 g/mol. The van der Waals surface area contributed by atoms with Crippen molar-refractivity contribution in [1.82, 2.24) is 19.1 Å². The van der Waals surface area contributed by atoms with Gasteiger partial charge in [0.15, 0.2) is 0 Å². The van der Waals surface area contributed by atoms with Crippen LogP contribution in [0.15, 0.2) is 103 Å². The minimum absolute atomic E-state index is 0.216. The van der Waals surface area contributed by atoms with E-state index in [0.29, 0.717) is 12.6 Å². The van der Waals surface area contributed by atoms with Crippen molar-refractivity contribution < 1.29 is 4.39 Å². The molecule has 1 fully saturated rings. The Hall–Kier alpha value is -4.65. The summed E-state index contributed by atoms with van der Waals surface area (Å²) in [5.74, 6) is 1.68. The van der Waals surface area contributed by atoms with E-state index >= 15 is 0 Å². The van der Waals surface area contributed by atoms with Gasteiger partial charge in [-0.2, -0.15) is 0 Å². The van der Waals surface area contributed by atoms with Gasteiger partial charge >= 0.3 is 0 Å². The predicted octanol–water partition coefficient (Wildman–Crippen LogP) is 6.70. The second kappa shape index (κ2) is 10.5. The summed E-state index contributed by atoms with van der Waals surface area (Å²) in [6.45, 7) is 3.21. The van der Waals surface area contributed by atoms with E-state index in [2.05, 4.69) is 80.0 Å². The number of nitrogens with zero attached hydrogens (tertiary/aromatic N) is 5. The number of hydrogen-bond acceptors (Lipinski definition) is 4. The zero-order chi connectivity index (χ0) is 26.9. The summed E-state index contributed by atoms with van der Waals surface area (Å²) in [5.41, 5.74) is 6.53. The van der Waals surface area contributed by atoms with Crippen LogP contribution in [0.2, 0.25) is 0 Å². The van der Waals surface area contributed by atoms with Gasteiger partial charge in [-0.3, -0.25) is 0 Å². The molecule has 200 valence electrons. The minimum Gasteiger partial charge on any atom is -0.353 e. The lowest BCUT2D eigenvalue weighted by atomic mass is 10.1. The number of piperidine rings is 1. The van der Waals surface area contributed by atoms with Crippen molar-refractivity contribution in [3.05, 3.63) is 120 Å². The van der Waals surface area contributed by atoms with Gasteiger partial charge in [0.1, 0.15) is 5.82 Å². The number of rotatable bonds is 7. The second-order valence-electron chi connectivity index (χ2n) is 10.5. The topological polar surface area (TPSA) is 50.9 Å². The Morgan fingerprint density at radius 2 is 1.23 bits per heavy atom. The molecular formula is C33H31FN6. The standard InChI is InChI=1S/C33H31FN6/c34-26-16-14-25(15-17-26)23-40-31-13-7-5-11-29(31)37-33(40)38-20-18-27(19-21-38)35-32-36-28-10-4-6-12-30(28)39(32)22-24-8-2-1-3-9-24/h1-17,27H,18-23H2,(H,35,36). The molecule has 0 aliphatic carbocycles. The molecule has 2 aromatic heterocycles. The Morgan fingerprint density at radius 1 is 0.650 bits per heavy atom. The van der Waals surface area contributed by atoms with E-state index in [4.69, 9.17) is 9.97 Å². The molecule has 0 atom stereocenters. The lowest BCUT2D eigenvalue weighted by molar-refractivity contribution is 0.511. The van der Waals surface area contributed by atoms with Gasteiger partial charge in [-0.15, -0.1) is 0 Å². The molecule has 1 saturated heterocycles. The molecule has 40 heavy (non-hydrogen) atoms. The first kappa shape index (κ1) is 24.4. The first-order valence-electron chi connectivity index (χ1n) is 13.9. The van der Waals surface area contributed by atoms with Crippen molar-refractivity contribution in [2.45, 2.75) is 32.0 Å². The van der Waals surface area contributed by atoms with Gasteiger partial charge in [0.25, 0.3) is 0 Å². The van der Waals surface area contributed by atoms with Crippen molar-refractivity contribution in [2.75, 3.05) is 23.3 Å². The molecule has 0 bridgehead atoms. The maximum atomic E-state index is 13.5. The Labute approximate surface area is 232 Å². The average Bonchev–Trinajstić information content (AvgIpc) is 3.53. The van der Waals surface area contributed by atoms with Crippen LogP contribution in [0.3, 0.4) is 0 Å². The summed E-state index contributed by atoms with van der Waals surface area (Å²) in [7, 11) is 0. The van der Waals surface area contributed by atoms with Gasteiger partial charge in [-0.05, 0) is 60.4 Å². The number of nitrogens with one attached hydrogen (secondary N) is 1. The van der Waals surface area contributed by atoms with E-state index in [1.54, 1.807) is 0 Å². The van der Waals surface area contributed by atoms with Gasteiger partial charge in [0.05, 0.1) is 35.2 Å². The zero-order valence-corrected chi connectivity index (χ0v) is 22.2. The van der Waals surface area contributed by atoms with E-state index in [9.17, 15) is 4.39 Å². The number of aromatic nitrogens is 4. The molecule has 4 aromatic carbocycles. The highest BCUT2D eigenvalue weighted by atomic mass is 19.1. The fraction of sp³-hybridized carbons (Fsp3) is 0.212. The molecule has 7 heteroatoms. The maximum Gasteiger partial charge on any atom is 0.206 e. The maximum absolute atomic E-state index is 13.5. The number of halogens is 1. The highest BCUT2D eigenvalue weighted by Gasteiger charge is 2.25. The van der Waals surface area contributed by atoms with Crippen LogP contribution in [0, 0.1) is 5.82 Å². The van der Waals surface area contributed by atoms with Gasteiger partial charge in [0.2, 0.25) is 11.9 Å². The van der Waals surface area contributed by atoms with Crippen molar-refractivity contribution in [3.8, 4) is 0 Å². The first-order valence-corrected chi connectivity index (χ1v) is 13.9. The number of anilines is 2. The molecule has 6 aromatic rings. The Bertz CT molecular complexity index is 1750. The Balaban J connectivity index is 1.11. The summed E-state index contributed by atoms with van der Waals surface area (Å²) >= 11 is 0. The largest absolute Gasteiger partial charge is 0.353 e. The van der Waals surface area contributed by atoms with E-state index < -0.39 is 0 Å². The monoisotopic (exact) mass is 530 g/mol. The van der Waals surface area contributed by atoms with Crippen molar-refractivity contribution >= 4 is 34.0 Å². The number of imidazole rings is 2. The quantitative estimate of drug-likeness (QED) is 0.250. The smallest absolute Gasteiger partial charge is 0.206 e. The van der Waals surface area contributed by atoms with Crippen LogP contribution in [0.25, 0.3) is 22.1 Å². The molecule has 1 N–H and O–H groups in total. The molecule has 0 saturated carbocycles. The highest BCUT2D eigenvalue weighted by Crippen LogP contribution is 2.28. The van der Waals surface area contributed by atoms with Crippen molar-refractivity contribution in [2.24, 2.45) is 0 Å². The highest BCUT2D eigenvalue weighted by molar-refractivity contribution is 5.80. The minimum atomic E-state index is -0.216. The van der Waals surface area contributed by atoms with Crippen molar-refractivity contribution in [1.29, 1.82) is 0 Å². The normalized spacial score (nSPS) is 14.3. The summed E-state index contributed by atoms with van der Waals surface area (Å²) in [6.07, 6.45) is 1.96. The van der Waals surface area contributed by atoms with Crippen LogP contribution in [0.5, 0.6) is 0 Å². The molecule has 7 rings (SSSR count). The number of hydrogen-bond donors (Lipinski definition) is 1.